The number of carbonyl (C=O) groups excluding carboxylic acids is 1. The Morgan fingerprint density at radius 1 is 1.19 bits per heavy atom. The molecule has 0 unspecified atom stereocenters. The van der Waals surface area contributed by atoms with Crippen molar-refractivity contribution >= 4 is 29.2 Å². The van der Waals surface area contributed by atoms with E-state index in [1.807, 2.05) is 6.07 Å². The molecule has 0 spiro atoms. The molecule has 1 fully saturated rings. The molecule has 1 amide bonds. The Balaban J connectivity index is 1.73. The summed E-state index contributed by atoms with van der Waals surface area (Å²) in [5, 5.41) is 15.4. The van der Waals surface area contributed by atoms with E-state index in [1.165, 1.54) is 0 Å². The van der Waals surface area contributed by atoms with Crippen LogP contribution in [0.1, 0.15) is 25.7 Å². The zero-order valence-electron chi connectivity index (χ0n) is 11.6. The minimum absolute atomic E-state index is 0.150. The molecule has 1 aromatic carbocycles. The number of nitrogens with one attached hydrogen (secondary N) is 2. The van der Waals surface area contributed by atoms with Gasteiger partial charge in [-0.3, -0.25) is 9.59 Å². The molecule has 0 radical (unpaired) electrons. The fourth-order valence-electron chi connectivity index (χ4n) is 2.54. The van der Waals surface area contributed by atoms with Gasteiger partial charge in [-0.15, -0.1) is 0 Å². The van der Waals surface area contributed by atoms with Crippen molar-refractivity contribution in [3.05, 3.63) is 29.3 Å². The lowest BCUT2D eigenvalue weighted by Gasteiger charge is -2.26. The lowest BCUT2D eigenvalue weighted by Crippen LogP contribution is -2.39. The first-order valence-corrected chi connectivity index (χ1v) is 7.44. The van der Waals surface area contributed by atoms with Crippen LogP contribution in [-0.4, -0.2) is 29.6 Å². The van der Waals surface area contributed by atoms with Gasteiger partial charge < -0.3 is 15.7 Å². The van der Waals surface area contributed by atoms with Crippen molar-refractivity contribution in [3.8, 4) is 0 Å². The average Bonchev–Trinajstić information content (AvgIpc) is 2.48. The molecule has 1 saturated carbocycles. The molecule has 0 bridgehead atoms. The Labute approximate surface area is 128 Å². The van der Waals surface area contributed by atoms with Crippen molar-refractivity contribution in [3.63, 3.8) is 0 Å². The summed E-state index contributed by atoms with van der Waals surface area (Å²) in [5.74, 6) is -1.10. The lowest BCUT2D eigenvalue weighted by atomic mass is 9.86. The third kappa shape index (κ3) is 4.72. The molecule has 1 aliphatic rings. The van der Waals surface area contributed by atoms with E-state index in [-0.39, 0.29) is 24.4 Å². The molecule has 0 aliphatic heterocycles. The molecule has 6 heteroatoms. The summed E-state index contributed by atoms with van der Waals surface area (Å²) >= 11 is 5.97. The van der Waals surface area contributed by atoms with Gasteiger partial charge in [-0.2, -0.15) is 0 Å². The highest BCUT2D eigenvalue weighted by Gasteiger charge is 2.25. The van der Waals surface area contributed by atoms with Crippen LogP contribution in [0.15, 0.2) is 24.3 Å². The Hall–Kier alpha value is -1.59. The quantitative estimate of drug-likeness (QED) is 0.781. The van der Waals surface area contributed by atoms with Crippen molar-refractivity contribution in [2.45, 2.75) is 31.7 Å². The van der Waals surface area contributed by atoms with Gasteiger partial charge in [0.1, 0.15) is 0 Å². The van der Waals surface area contributed by atoms with Gasteiger partial charge in [0, 0.05) is 6.04 Å². The molecule has 0 saturated heterocycles. The van der Waals surface area contributed by atoms with Crippen molar-refractivity contribution in [1.29, 1.82) is 0 Å². The predicted octanol–water partition coefficient (Wildman–Crippen LogP) is 2.51. The summed E-state index contributed by atoms with van der Waals surface area (Å²) in [7, 11) is 0. The summed E-state index contributed by atoms with van der Waals surface area (Å²) in [6.45, 7) is 0.202. The summed E-state index contributed by atoms with van der Waals surface area (Å²) in [6, 6.07) is 7.28. The second-order valence-corrected chi connectivity index (χ2v) is 5.70. The third-order valence-corrected chi connectivity index (χ3v) is 4.11. The lowest BCUT2D eigenvalue weighted by molar-refractivity contribution is -0.143. The number of rotatable bonds is 5. The number of benzene rings is 1. The average molecular weight is 311 g/mol. The van der Waals surface area contributed by atoms with Gasteiger partial charge in [0.05, 0.1) is 23.2 Å². The molecule has 2 rings (SSSR count). The largest absolute Gasteiger partial charge is 0.481 e. The summed E-state index contributed by atoms with van der Waals surface area (Å²) in [6.07, 6.45) is 2.91. The van der Waals surface area contributed by atoms with Crippen LogP contribution in [0.2, 0.25) is 5.02 Å². The summed E-state index contributed by atoms with van der Waals surface area (Å²) in [5.41, 5.74) is 0.598. The maximum absolute atomic E-state index is 11.9. The molecule has 5 nitrogen and oxygen atoms in total. The van der Waals surface area contributed by atoms with Gasteiger partial charge in [-0.25, -0.2) is 0 Å². The first-order chi connectivity index (χ1) is 10.1. The van der Waals surface area contributed by atoms with Crippen LogP contribution >= 0.6 is 11.6 Å². The van der Waals surface area contributed by atoms with Crippen LogP contribution in [0.5, 0.6) is 0 Å². The smallest absolute Gasteiger partial charge is 0.306 e. The predicted molar refractivity (Wildman–Crippen MR) is 81.5 cm³/mol. The zero-order valence-corrected chi connectivity index (χ0v) is 12.4. The van der Waals surface area contributed by atoms with E-state index in [9.17, 15) is 9.59 Å². The number of halogens is 1. The summed E-state index contributed by atoms with van der Waals surface area (Å²) < 4.78 is 0. The fourth-order valence-corrected chi connectivity index (χ4v) is 2.72. The number of hydrogen-bond donors (Lipinski definition) is 3. The van der Waals surface area contributed by atoms with Crippen molar-refractivity contribution in [2.75, 3.05) is 11.9 Å². The highest BCUT2D eigenvalue weighted by molar-refractivity contribution is 6.33. The first kappa shape index (κ1) is 15.8. The number of aliphatic carboxylic acids is 1. The van der Waals surface area contributed by atoms with E-state index in [2.05, 4.69) is 10.6 Å². The van der Waals surface area contributed by atoms with Crippen LogP contribution in [0.4, 0.5) is 5.69 Å². The number of carboxylic acid groups (broad SMARTS) is 1. The standard InChI is InChI=1S/C15H19ClN2O3/c16-12-3-1-2-4-13(12)18-14(19)9-17-11-7-5-10(6-8-11)15(20)21/h1-4,10-11,17H,5-9H2,(H,18,19)(H,20,21). The molecule has 0 aromatic heterocycles. The zero-order chi connectivity index (χ0) is 15.2. The van der Waals surface area contributed by atoms with Crippen molar-refractivity contribution in [2.24, 2.45) is 5.92 Å². The number of carboxylic acids is 1. The Kier molecular flexibility index (Phi) is 5.59. The second kappa shape index (κ2) is 7.43. The molecule has 21 heavy (non-hydrogen) atoms. The number of para-hydroxylation sites is 1. The highest BCUT2D eigenvalue weighted by atomic mass is 35.5. The van der Waals surface area contributed by atoms with Gasteiger partial charge in [-0.05, 0) is 37.8 Å². The molecule has 0 heterocycles. The molecule has 114 valence electrons. The van der Waals surface area contributed by atoms with Crippen molar-refractivity contribution in [1.82, 2.24) is 5.32 Å². The molecular weight excluding hydrogens is 292 g/mol. The van der Waals surface area contributed by atoms with E-state index in [4.69, 9.17) is 16.7 Å². The SMILES string of the molecule is O=C(CNC1CCC(C(=O)O)CC1)Nc1ccccc1Cl. The van der Waals surface area contributed by atoms with E-state index < -0.39 is 5.97 Å². The second-order valence-electron chi connectivity index (χ2n) is 5.30. The van der Waals surface area contributed by atoms with E-state index >= 15 is 0 Å². The molecule has 3 N–H and O–H groups in total. The van der Waals surface area contributed by atoms with Gasteiger partial charge in [0.25, 0.3) is 0 Å². The van der Waals surface area contributed by atoms with Crippen LogP contribution in [0.25, 0.3) is 0 Å². The van der Waals surface area contributed by atoms with Crippen LogP contribution in [0, 0.1) is 5.92 Å². The first-order valence-electron chi connectivity index (χ1n) is 7.07. The maximum atomic E-state index is 11.9. The van der Waals surface area contributed by atoms with Gasteiger partial charge in [0.15, 0.2) is 0 Å². The van der Waals surface area contributed by atoms with Crippen LogP contribution < -0.4 is 10.6 Å². The molecule has 1 aromatic rings. The topological polar surface area (TPSA) is 78.4 Å². The van der Waals surface area contributed by atoms with E-state index in [0.717, 1.165) is 12.8 Å². The minimum atomic E-state index is -0.718. The minimum Gasteiger partial charge on any atom is -0.481 e. The number of hydrogen-bond acceptors (Lipinski definition) is 3. The number of carbonyl (C=O) groups is 2. The van der Waals surface area contributed by atoms with E-state index in [1.54, 1.807) is 18.2 Å². The highest BCUT2D eigenvalue weighted by Crippen LogP contribution is 2.24. The Morgan fingerprint density at radius 2 is 1.86 bits per heavy atom. The summed E-state index contributed by atoms with van der Waals surface area (Å²) in [4.78, 5) is 22.7. The Morgan fingerprint density at radius 3 is 2.48 bits per heavy atom. The third-order valence-electron chi connectivity index (χ3n) is 3.78. The number of anilines is 1. The molecule has 1 aliphatic carbocycles. The van der Waals surface area contributed by atoms with Crippen LogP contribution in [-0.2, 0) is 9.59 Å². The van der Waals surface area contributed by atoms with Crippen LogP contribution in [0.3, 0.4) is 0 Å². The van der Waals surface area contributed by atoms with Gasteiger partial charge in [-0.1, -0.05) is 23.7 Å². The monoisotopic (exact) mass is 310 g/mol. The normalized spacial score (nSPS) is 21.8. The maximum Gasteiger partial charge on any atom is 0.306 e. The van der Waals surface area contributed by atoms with E-state index in [0.29, 0.717) is 23.6 Å². The number of amides is 1. The van der Waals surface area contributed by atoms with Gasteiger partial charge >= 0.3 is 5.97 Å². The fraction of sp³-hybridized carbons (Fsp3) is 0.467. The van der Waals surface area contributed by atoms with Gasteiger partial charge in [0.2, 0.25) is 5.91 Å². The molecule has 0 atom stereocenters. The molecular formula is C15H19ClN2O3. The van der Waals surface area contributed by atoms with Crippen molar-refractivity contribution < 1.29 is 14.7 Å². The Bertz CT molecular complexity index is 513.